The highest BCUT2D eigenvalue weighted by Crippen LogP contribution is 2.32. The number of hydrogen-bond donors (Lipinski definition) is 1. The number of rotatable bonds is 6. The number of nitrogens with one attached hydrogen (secondary N) is 1. The molecule has 0 aromatic heterocycles. The number of hydrogen-bond acceptors (Lipinski definition) is 6. The number of aliphatic imine (C=N–C) groups is 1. The quantitative estimate of drug-likeness (QED) is 0.368. The number of ether oxygens (including phenoxy) is 2. The zero-order chi connectivity index (χ0) is 23.2. The van der Waals surface area contributed by atoms with E-state index in [-0.39, 0.29) is 5.91 Å². The summed E-state index contributed by atoms with van der Waals surface area (Å²) in [6.07, 6.45) is 1.75. The minimum atomic E-state index is -0.496. The summed E-state index contributed by atoms with van der Waals surface area (Å²) in [7, 11) is 1.31. The largest absolute Gasteiger partial charge is 0.488 e. The van der Waals surface area contributed by atoms with Crippen LogP contribution in [-0.4, -0.2) is 24.2 Å². The molecule has 0 aliphatic carbocycles. The molecule has 1 aliphatic heterocycles. The molecule has 1 aliphatic rings. The maximum atomic E-state index is 12.6. The highest BCUT2D eigenvalue weighted by molar-refractivity contribution is 8.18. The molecule has 1 N–H and O–H groups in total. The Hall–Kier alpha value is -3.55. The molecule has 8 heteroatoms. The van der Waals surface area contributed by atoms with Crippen LogP contribution in [0.1, 0.15) is 21.5 Å². The fraction of sp³-hybridized carbons (Fsp3) is 0.0800. The van der Waals surface area contributed by atoms with Crippen molar-refractivity contribution in [2.24, 2.45) is 4.99 Å². The number of methoxy groups -OCH3 is 1. The van der Waals surface area contributed by atoms with E-state index in [2.05, 4.69) is 10.3 Å². The monoisotopic (exact) mass is 478 g/mol. The first-order valence-electron chi connectivity index (χ1n) is 9.97. The first kappa shape index (κ1) is 22.6. The molecule has 33 heavy (non-hydrogen) atoms. The van der Waals surface area contributed by atoms with Gasteiger partial charge >= 0.3 is 5.97 Å². The predicted molar refractivity (Wildman–Crippen MR) is 131 cm³/mol. The molecule has 4 rings (SSSR count). The van der Waals surface area contributed by atoms with E-state index < -0.39 is 5.97 Å². The lowest BCUT2D eigenvalue weighted by Crippen LogP contribution is -2.19. The molecule has 1 fully saturated rings. The molecule has 1 saturated heterocycles. The number of thioether (sulfide) groups is 1. The van der Waals surface area contributed by atoms with E-state index in [1.807, 2.05) is 48.5 Å². The van der Waals surface area contributed by atoms with Crippen LogP contribution in [0.3, 0.4) is 0 Å². The fourth-order valence-electron chi connectivity index (χ4n) is 3.09. The van der Waals surface area contributed by atoms with Crippen molar-refractivity contribution < 1.29 is 19.1 Å². The Morgan fingerprint density at radius 3 is 2.61 bits per heavy atom. The van der Waals surface area contributed by atoms with Crippen LogP contribution in [0.5, 0.6) is 5.75 Å². The molecule has 0 saturated carbocycles. The summed E-state index contributed by atoms with van der Waals surface area (Å²) in [4.78, 5) is 29.4. The molecule has 3 aromatic carbocycles. The van der Waals surface area contributed by atoms with E-state index in [4.69, 9.17) is 21.1 Å². The Morgan fingerprint density at radius 2 is 1.79 bits per heavy atom. The minimum Gasteiger partial charge on any atom is -0.488 e. The Kier molecular flexibility index (Phi) is 7.12. The number of para-hydroxylation sites is 2. The van der Waals surface area contributed by atoms with Crippen LogP contribution < -0.4 is 10.1 Å². The number of nitrogens with zero attached hydrogens (tertiary/aromatic N) is 1. The molecule has 3 aromatic rings. The molecule has 0 bridgehead atoms. The summed E-state index contributed by atoms with van der Waals surface area (Å²) in [6, 6.07) is 21.7. The second kappa shape index (κ2) is 10.4. The van der Waals surface area contributed by atoms with Gasteiger partial charge in [0.25, 0.3) is 5.91 Å². The van der Waals surface area contributed by atoms with E-state index in [0.29, 0.717) is 38.7 Å². The second-order valence-electron chi connectivity index (χ2n) is 6.91. The van der Waals surface area contributed by atoms with Gasteiger partial charge in [0.1, 0.15) is 12.4 Å². The van der Waals surface area contributed by atoms with E-state index in [1.54, 1.807) is 30.3 Å². The van der Waals surface area contributed by atoms with E-state index in [0.717, 1.165) is 11.1 Å². The number of halogens is 1. The van der Waals surface area contributed by atoms with Crippen molar-refractivity contribution in [1.82, 2.24) is 5.32 Å². The lowest BCUT2D eigenvalue weighted by Gasteiger charge is -2.10. The molecular weight excluding hydrogens is 460 g/mol. The average Bonchev–Trinajstić information content (AvgIpc) is 3.17. The van der Waals surface area contributed by atoms with E-state index in [9.17, 15) is 9.59 Å². The zero-order valence-electron chi connectivity index (χ0n) is 17.6. The SMILES string of the molecule is COC(=O)c1ccccc1N=C1NC(=O)/C(=C/c2ccccc2OCc2ccccc2Cl)S1. The van der Waals surface area contributed by atoms with Crippen molar-refractivity contribution in [1.29, 1.82) is 0 Å². The van der Waals surface area contributed by atoms with Crippen molar-refractivity contribution in [3.8, 4) is 5.75 Å². The molecule has 1 amide bonds. The van der Waals surface area contributed by atoms with Gasteiger partial charge in [-0.1, -0.05) is 60.1 Å². The Balaban J connectivity index is 1.55. The van der Waals surface area contributed by atoms with Crippen molar-refractivity contribution >= 4 is 52.2 Å². The summed E-state index contributed by atoms with van der Waals surface area (Å²) in [5, 5.41) is 3.74. The van der Waals surface area contributed by atoms with Crippen LogP contribution in [0.4, 0.5) is 5.69 Å². The van der Waals surface area contributed by atoms with Gasteiger partial charge in [0.15, 0.2) is 5.17 Å². The maximum absolute atomic E-state index is 12.6. The van der Waals surface area contributed by atoms with E-state index in [1.165, 1.54) is 18.9 Å². The van der Waals surface area contributed by atoms with Crippen LogP contribution in [0.15, 0.2) is 82.7 Å². The number of carbonyl (C=O) groups excluding carboxylic acids is 2. The minimum absolute atomic E-state index is 0.282. The predicted octanol–water partition coefficient (Wildman–Crippen LogP) is 5.60. The third-order valence-corrected chi connectivity index (χ3v) is 6.01. The fourth-order valence-corrected chi connectivity index (χ4v) is 4.10. The molecule has 0 atom stereocenters. The van der Waals surface area contributed by atoms with Gasteiger partial charge in [-0.25, -0.2) is 9.79 Å². The van der Waals surface area contributed by atoms with Gasteiger partial charge in [0, 0.05) is 16.1 Å². The topological polar surface area (TPSA) is 77.0 Å². The van der Waals surface area contributed by atoms with Gasteiger partial charge in [-0.2, -0.15) is 0 Å². The van der Waals surface area contributed by atoms with Crippen molar-refractivity contribution in [3.63, 3.8) is 0 Å². The smallest absolute Gasteiger partial charge is 0.340 e. The van der Waals surface area contributed by atoms with Crippen LogP contribution >= 0.6 is 23.4 Å². The number of carbonyl (C=O) groups is 2. The first-order valence-corrected chi connectivity index (χ1v) is 11.2. The second-order valence-corrected chi connectivity index (χ2v) is 8.35. The molecule has 1 heterocycles. The number of benzene rings is 3. The lowest BCUT2D eigenvalue weighted by atomic mass is 10.2. The number of amides is 1. The van der Waals surface area contributed by atoms with Crippen molar-refractivity contribution in [2.45, 2.75) is 6.61 Å². The normalized spacial score (nSPS) is 15.5. The van der Waals surface area contributed by atoms with Crippen LogP contribution in [0, 0.1) is 0 Å². The standard InChI is InChI=1S/C25H19ClN2O4S/c1-31-24(30)18-10-4-6-12-20(18)27-25-28-23(29)22(33-25)14-16-8-3-7-13-21(16)32-15-17-9-2-5-11-19(17)26/h2-14H,15H2,1H3,(H,27,28,29)/b22-14-. The lowest BCUT2D eigenvalue weighted by molar-refractivity contribution is -0.115. The third-order valence-electron chi connectivity index (χ3n) is 4.73. The summed E-state index contributed by atoms with van der Waals surface area (Å²) in [5.74, 6) is -0.153. The number of esters is 1. The summed E-state index contributed by atoms with van der Waals surface area (Å²) < 4.78 is 10.8. The average molecular weight is 479 g/mol. The van der Waals surface area contributed by atoms with Crippen molar-refractivity contribution in [2.75, 3.05) is 7.11 Å². The highest BCUT2D eigenvalue weighted by Gasteiger charge is 2.25. The molecule has 6 nitrogen and oxygen atoms in total. The maximum Gasteiger partial charge on any atom is 0.340 e. The molecular formula is C25H19ClN2O4S. The highest BCUT2D eigenvalue weighted by atomic mass is 35.5. The van der Waals surface area contributed by atoms with Gasteiger partial charge in [-0.3, -0.25) is 4.79 Å². The van der Waals surface area contributed by atoms with Gasteiger partial charge in [0.2, 0.25) is 0 Å². The molecule has 0 radical (unpaired) electrons. The Bertz CT molecular complexity index is 1270. The number of amidine groups is 1. The Morgan fingerprint density at radius 1 is 1.06 bits per heavy atom. The molecule has 166 valence electrons. The van der Waals surface area contributed by atoms with E-state index >= 15 is 0 Å². The van der Waals surface area contributed by atoms with Crippen LogP contribution in [-0.2, 0) is 16.1 Å². The first-order chi connectivity index (χ1) is 16.0. The molecule has 0 unspecified atom stereocenters. The summed E-state index contributed by atoms with van der Waals surface area (Å²) >= 11 is 7.40. The van der Waals surface area contributed by atoms with Gasteiger partial charge in [-0.15, -0.1) is 0 Å². The van der Waals surface area contributed by atoms with Crippen LogP contribution in [0.25, 0.3) is 6.08 Å². The van der Waals surface area contributed by atoms with Crippen molar-refractivity contribution in [3.05, 3.63) is 99.4 Å². The summed E-state index contributed by atoms with van der Waals surface area (Å²) in [6.45, 7) is 0.302. The third kappa shape index (κ3) is 5.45. The summed E-state index contributed by atoms with van der Waals surface area (Å²) in [5.41, 5.74) is 2.35. The van der Waals surface area contributed by atoms with Crippen LogP contribution in [0.2, 0.25) is 5.02 Å². The zero-order valence-corrected chi connectivity index (χ0v) is 19.2. The van der Waals surface area contributed by atoms with Gasteiger partial charge in [0.05, 0.1) is 23.3 Å². The van der Waals surface area contributed by atoms with Gasteiger partial charge < -0.3 is 14.8 Å². The molecule has 0 spiro atoms. The van der Waals surface area contributed by atoms with Gasteiger partial charge in [-0.05, 0) is 42.1 Å². The Labute approximate surface area is 200 Å².